The first-order chi connectivity index (χ1) is 7.11. The highest BCUT2D eigenvalue weighted by Gasteiger charge is 2.20. The molecule has 0 fully saturated rings. The number of anilines is 1. The lowest BCUT2D eigenvalue weighted by atomic mass is 10.2. The van der Waals surface area contributed by atoms with Gasteiger partial charge in [-0.25, -0.2) is 4.79 Å². The van der Waals surface area contributed by atoms with Crippen molar-refractivity contribution in [1.29, 1.82) is 5.26 Å². The van der Waals surface area contributed by atoms with Crippen molar-refractivity contribution in [1.82, 2.24) is 9.78 Å². The summed E-state index contributed by atoms with van der Waals surface area (Å²) in [4.78, 5) is 11.5. The quantitative estimate of drug-likeness (QED) is 0.718. The Kier molecular flexibility index (Phi) is 3.29. The van der Waals surface area contributed by atoms with Crippen LogP contribution in [0.1, 0.15) is 23.1 Å². The Bertz CT molecular complexity index is 416. The Morgan fingerprint density at radius 1 is 1.73 bits per heavy atom. The SMILES string of the molecule is CCc1nn(C)c(C(=O)OCC#N)c1N. The zero-order valence-corrected chi connectivity index (χ0v) is 8.65. The molecule has 0 bridgehead atoms. The van der Waals surface area contributed by atoms with E-state index in [-0.39, 0.29) is 12.3 Å². The average molecular weight is 208 g/mol. The number of hydrogen-bond acceptors (Lipinski definition) is 5. The van der Waals surface area contributed by atoms with Gasteiger partial charge in [-0.2, -0.15) is 10.4 Å². The van der Waals surface area contributed by atoms with E-state index in [1.165, 1.54) is 4.68 Å². The molecule has 80 valence electrons. The van der Waals surface area contributed by atoms with Crippen molar-refractivity contribution in [3.05, 3.63) is 11.4 Å². The Morgan fingerprint density at radius 2 is 2.40 bits per heavy atom. The molecule has 0 aromatic carbocycles. The molecule has 1 heterocycles. The van der Waals surface area contributed by atoms with Crippen molar-refractivity contribution in [3.63, 3.8) is 0 Å². The zero-order chi connectivity index (χ0) is 11.4. The number of carbonyl (C=O) groups is 1. The molecule has 0 unspecified atom stereocenters. The smallest absolute Gasteiger partial charge is 0.359 e. The van der Waals surface area contributed by atoms with E-state index in [4.69, 9.17) is 11.0 Å². The highest BCUT2D eigenvalue weighted by Crippen LogP contribution is 2.17. The molecule has 0 aliphatic rings. The Hall–Kier alpha value is -2.03. The van der Waals surface area contributed by atoms with Crippen LogP contribution in [-0.2, 0) is 18.2 Å². The lowest BCUT2D eigenvalue weighted by Crippen LogP contribution is -2.12. The van der Waals surface area contributed by atoms with Crippen molar-refractivity contribution in [3.8, 4) is 6.07 Å². The summed E-state index contributed by atoms with van der Waals surface area (Å²) in [5, 5.41) is 12.3. The number of nitrogens with two attached hydrogens (primary N) is 1. The summed E-state index contributed by atoms with van der Waals surface area (Å²) in [7, 11) is 1.61. The number of nitrogen functional groups attached to an aromatic ring is 1. The molecule has 0 amide bonds. The molecule has 0 radical (unpaired) electrons. The normalized spacial score (nSPS) is 9.67. The van der Waals surface area contributed by atoms with Gasteiger partial charge in [-0.3, -0.25) is 4.68 Å². The third kappa shape index (κ3) is 2.07. The molecule has 0 atom stereocenters. The standard InChI is InChI=1S/C9H12N4O2/c1-3-6-7(11)8(13(2)12-6)9(14)15-5-4-10/h3,5,11H2,1-2H3. The summed E-state index contributed by atoms with van der Waals surface area (Å²) >= 11 is 0. The Balaban J connectivity index is 2.99. The summed E-state index contributed by atoms with van der Waals surface area (Å²) < 4.78 is 6.02. The lowest BCUT2D eigenvalue weighted by Gasteiger charge is -2.01. The van der Waals surface area contributed by atoms with Gasteiger partial charge in [0.25, 0.3) is 0 Å². The number of hydrogen-bond donors (Lipinski definition) is 1. The Morgan fingerprint density at radius 3 is 2.87 bits per heavy atom. The minimum atomic E-state index is -0.622. The van der Waals surface area contributed by atoms with Gasteiger partial charge in [-0.15, -0.1) is 0 Å². The highest BCUT2D eigenvalue weighted by atomic mass is 16.5. The predicted molar refractivity (Wildman–Crippen MR) is 52.9 cm³/mol. The number of esters is 1. The molecule has 0 saturated heterocycles. The minimum Gasteiger partial charge on any atom is -0.445 e. The maximum atomic E-state index is 11.5. The average Bonchev–Trinajstić information content (AvgIpc) is 2.50. The van der Waals surface area contributed by atoms with Crippen LogP contribution in [0.25, 0.3) is 0 Å². The molecule has 15 heavy (non-hydrogen) atoms. The molecule has 0 aliphatic carbocycles. The summed E-state index contributed by atoms with van der Waals surface area (Å²) in [6.07, 6.45) is 0.644. The number of aromatic nitrogens is 2. The van der Waals surface area contributed by atoms with Gasteiger partial charge in [0, 0.05) is 7.05 Å². The van der Waals surface area contributed by atoms with Gasteiger partial charge in [-0.05, 0) is 6.42 Å². The summed E-state index contributed by atoms with van der Waals surface area (Å²) in [6, 6.07) is 1.71. The van der Waals surface area contributed by atoms with Crippen LogP contribution in [0.5, 0.6) is 0 Å². The van der Waals surface area contributed by atoms with E-state index in [1.807, 2.05) is 6.92 Å². The maximum absolute atomic E-state index is 11.5. The summed E-state index contributed by atoms with van der Waals surface area (Å²) in [5.74, 6) is -0.622. The van der Waals surface area contributed by atoms with Gasteiger partial charge < -0.3 is 10.5 Å². The third-order valence-electron chi connectivity index (χ3n) is 1.96. The zero-order valence-electron chi connectivity index (χ0n) is 8.65. The van der Waals surface area contributed by atoms with Gasteiger partial charge in [0.2, 0.25) is 0 Å². The van der Waals surface area contributed by atoms with Crippen LogP contribution in [0.4, 0.5) is 5.69 Å². The number of nitrogens with zero attached hydrogens (tertiary/aromatic N) is 3. The number of aryl methyl sites for hydroxylation is 2. The van der Waals surface area contributed by atoms with E-state index in [1.54, 1.807) is 13.1 Å². The molecule has 6 heteroatoms. The van der Waals surface area contributed by atoms with E-state index >= 15 is 0 Å². The predicted octanol–water partition coefficient (Wildman–Crippen LogP) is 0.245. The van der Waals surface area contributed by atoms with Crippen LogP contribution in [0, 0.1) is 11.3 Å². The van der Waals surface area contributed by atoms with E-state index in [9.17, 15) is 4.79 Å². The van der Waals surface area contributed by atoms with Crippen molar-refractivity contribution in [2.75, 3.05) is 12.3 Å². The molecule has 1 rings (SSSR count). The van der Waals surface area contributed by atoms with E-state index < -0.39 is 5.97 Å². The fourth-order valence-electron chi connectivity index (χ4n) is 1.27. The second-order valence-corrected chi connectivity index (χ2v) is 2.92. The first kappa shape index (κ1) is 11.0. The van der Waals surface area contributed by atoms with Crippen LogP contribution in [0.2, 0.25) is 0 Å². The van der Waals surface area contributed by atoms with Gasteiger partial charge >= 0.3 is 5.97 Å². The maximum Gasteiger partial charge on any atom is 0.359 e. The third-order valence-corrected chi connectivity index (χ3v) is 1.96. The van der Waals surface area contributed by atoms with Gasteiger partial charge in [0.15, 0.2) is 12.3 Å². The van der Waals surface area contributed by atoms with Gasteiger partial charge in [-0.1, -0.05) is 6.92 Å². The van der Waals surface area contributed by atoms with Crippen molar-refractivity contribution in [2.24, 2.45) is 7.05 Å². The second-order valence-electron chi connectivity index (χ2n) is 2.92. The molecule has 1 aromatic heterocycles. The van der Waals surface area contributed by atoms with E-state index in [2.05, 4.69) is 9.84 Å². The largest absolute Gasteiger partial charge is 0.445 e. The van der Waals surface area contributed by atoms with Crippen LogP contribution in [-0.4, -0.2) is 22.4 Å². The van der Waals surface area contributed by atoms with Crippen molar-refractivity contribution in [2.45, 2.75) is 13.3 Å². The topological polar surface area (TPSA) is 93.9 Å². The van der Waals surface area contributed by atoms with Crippen LogP contribution in [0.15, 0.2) is 0 Å². The summed E-state index contributed by atoms with van der Waals surface area (Å²) in [5.41, 5.74) is 6.89. The lowest BCUT2D eigenvalue weighted by molar-refractivity contribution is 0.0543. The van der Waals surface area contributed by atoms with Crippen LogP contribution in [0.3, 0.4) is 0 Å². The monoisotopic (exact) mass is 208 g/mol. The number of carbonyl (C=O) groups excluding carboxylic acids is 1. The first-order valence-electron chi connectivity index (χ1n) is 4.47. The fourth-order valence-corrected chi connectivity index (χ4v) is 1.27. The van der Waals surface area contributed by atoms with Crippen molar-refractivity contribution < 1.29 is 9.53 Å². The fraction of sp³-hybridized carbons (Fsp3) is 0.444. The number of nitriles is 1. The van der Waals surface area contributed by atoms with Gasteiger partial charge in [0.1, 0.15) is 6.07 Å². The van der Waals surface area contributed by atoms with Crippen LogP contribution >= 0.6 is 0 Å². The Labute approximate surface area is 87.2 Å². The molecule has 0 saturated carbocycles. The molecule has 1 aromatic rings. The minimum absolute atomic E-state index is 0.196. The summed E-state index contributed by atoms with van der Waals surface area (Å²) in [6.45, 7) is 1.61. The van der Waals surface area contributed by atoms with E-state index in [0.29, 0.717) is 17.8 Å². The van der Waals surface area contributed by atoms with E-state index in [0.717, 1.165) is 0 Å². The molecule has 0 aliphatic heterocycles. The first-order valence-corrected chi connectivity index (χ1v) is 4.47. The van der Waals surface area contributed by atoms with Crippen molar-refractivity contribution >= 4 is 11.7 Å². The van der Waals surface area contributed by atoms with Crippen LogP contribution < -0.4 is 5.73 Å². The molecule has 6 nitrogen and oxygen atoms in total. The molecular formula is C9H12N4O2. The number of rotatable bonds is 3. The highest BCUT2D eigenvalue weighted by molar-refractivity contribution is 5.93. The molecule has 0 spiro atoms. The molecular weight excluding hydrogens is 196 g/mol. The molecule has 2 N–H and O–H groups in total. The van der Waals surface area contributed by atoms with Gasteiger partial charge in [0.05, 0.1) is 11.4 Å². The number of ether oxygens (including phenoxy) is 1. The second kappa shape index (κ2) is 4.46.